The van der Waals surface area contributed by atoms with E-state index in [9.17, 15) is 9.50 Å². The number of benzene rings is 1. The van der Waals surface area contributed by atoms with Gasteiger partial charge in [-0.2, -0.15) is 0 Å². The van der Waals surface area contributed by atoms with E-state index in [1.807, 2.05) is 12.1 Å². The predicted molar refractivity (Wildman–Crippen MR) is 67.3 cm³/mol. The second kappa shape index (κ2) is 5.14. The standard InChI is InChI=1S/C12H10BrFN2O/c13-10-2-1-5-15-12(10)16-7-8-3-4-9(14)6-11(8)17/h1-6,17H,7H2,(H,15,16). The maximum absolute atomic E-state index is 12.8. The molecule has 0 radical (unpaired) electrons. The van der Waals surface area contributed by atoms with Gasteiger partial charge >= 0.3 is 0 Å². The lowest BCUT2D eigenvalue weighted by Crippen LogP contribution is -2.02. The Labute approximate surface area is 106 Å². The summed E-state index contributed by atoms with van der Waals surface area (Å²) in [4.78, 5) is 4.13. The van der Waals surface area contributed by atoms with E-state index < -0.39 is 5.82 Å². The Bertz CT molecular complexity index is 534. The molecule has 0 saturated heterocycles. The average molecular weight is 297 g/mol. The molecule has 1 aromatic heterocycles. The molecule has 2 aromatic rings. The molecule has 1 heterocycles. The number of nitrogens with one attached hydrogen (secondary N) is 1. The van der Waals surface area contributed by atoms with Gasteiger partial charge in [0.25, 0.3) is 0 Å². The maximum Gasteiger partial charge on any atom is 0.140 e. The molecule has 0 atom stereocenters. The highest BCUT2D eigenvalue weighted by Gasteiger charge is 2.04. The van der Waals surface area contributed by atoms with Gasteiger partial charge in [0.15, 0.2) is 0 Å². The average Bonchev–Trinajstić information content (AvgIpc) is 2.30. The number of aromatic hydroxyl groups is 1. The van der Waals surface area contributed by atoms with Crippen LogP contribution in [0, 0.1) is 5.82 Å². The smallest absolute Gasteiger partial charge is 0.140 e. The van der Waals surface area contributed by atoms with Crippen molar-refractivity contribution < 1.29 is 9.50 Å². The van der Waals surface area contributed by atoms with E-state index in [2.05, 4.69) is 26.2 Å². The van der Waals surface area contributed by atoms with E-state index in [4.69, 9.17) is 0 Å². The van der Waals surface area contributed by atoms with Gasteiger partial charge in [-0.15, -0.1) is 0 Å². The summed E-state index contributed by atoms with van der Waals surface area (Å²) in [5.41, 5.74) is 0.615. The minimum Gasteiger partial charge on any atom is -0.507 e. The Kier molecular flexibility index (Phi) is 3.58. The fraction of sp³-hybridized carbons (Fsp3) is 0.0833. The molecule has 0 fully saturated rings. The van der Waals surface area contributed by atoms with Crippen LogP contribution in [-0.2, 0) is 6.54 Å². The van der Waals surface area contributed by atoms with Gasteiger partial charge in [-0.3, -0.25) is 0 Å². The fourth-order valence-corrected chi connectivity index (χ4v) is 1.78. The van der Waals surface area contributed by atoms with E-state index in [0.29, 0.717) is 17.9 Å². The lowest BCUT2D eigenvalue weighted by molar-refractivity contribution is 0.463. The Hall–Kier alpha value is -1.62. The van der Waals surface area contributed by atoms with Gasteiger partial charge in [0, 0.05) is 24.4 Å². The predicted octanol–water partition coefficient (Wildman–Crippen LogP) is 3.30. The summed E-state index contributed by atoms with van der Waals surface area (Å²) in [6.07, 6.45) is 1.66. The molecule has 5 heteroatoms. The van der Waals surface area contributed by atoms with Crippen LogP contribution in [0.4, 0.5) is 10.2 Å². The van der Waals surface area contributed by atoms with E-state index >= 15 is 0 Å². The summed E-state index contributed by atoms with van der Waals surface area (Å²) >= 11 is 3.35. The summed E-state index contributed by atoms with van der Waals surface area (Å²) in [6.45, 7) is 0.377. The molecular weight excluding hydrogens is 287 g/mol. The molecule has 0 aliphatic carbocycles. The van der Waals surface area contributed by atoms with Crippen molar-refractivity contribution >= 4 is 21.7 Å². The first kappa shape index (κ1) is 11.9. The summed E-state index contributed by atoms with van der Waals surface area (Å²) in [5.74, 6) is 0.158. The molecule has 3 nitrogen and oxygen atoms in total. The molecule has 0 aliphatic heterocycles. The molecule has 2 N–H and O–H groups in total. The zero-order chi connectivity index (χ0) is 12.3. The van der Waals surface area contributed by atoms with E-state index in [1.54, 1.807) is 6.20 Å². The van der Waals surface area contributed by atoms with Crippen molar-refractivity contribution in [3.8, 4) is 5.75 Å². The Morgan fingerprint density at radius 1 is 1.35 bits per heavy atom. The molecule has 0 saturated carbocycles. The van der Waals surface area contributed by atoms with Gasteiger partial charge in [-0.1, -0.05) is 6.07 Å². The summed E-state index contributed by atoms with van der Waals surface area (Å²) < 4.78 is 13.6. The monoisotopic (exact) mass is 296 g/mol. The summed E-state index contributed by atoms with van der Waals surface area (Å²) in [6, 6.07) is 7.60. The highest BCUT2D eigenvalue weighted by atomic mass is 79.9. The number of phenolic OH excluding ortho intramolecular Hbond substituents is 1. The molecule has 0 spiro atoms. The number of pyridine rings is 1. The molecule has 0 unspecified atom stereocenters. The van der Waals surface area contributed by atoms with Crippen LogP contribution in [0.2, 0.25) is 0 Å². The number of aromatic nitrogens is 1. The van der Waals surface area contributed by atoms with Crippen molar-refractivity contribution in [2.75, 3.05) is 5.32 Å². The van der Waals surface area contributed by atoms with Crippen molar-refractivity contribution in [1.82, 2.24) is 4.98 Å². The van der Waals surface area contributed by atoms with Crippen molar-refractivity contribution in [3.63, 3.8) is 0 Å². The largest absolute Gasteiger partial charge is 0.507 e. The second-order valence-corrected chi connectivity index (χ2v) is 4.31. The first-order chi connectivity index (χ1) is 8.16. The molecule has 17 heavy (non-hydrogen) atoms. The van der Waals surface area contributed by atoms with E-state index in [0.717, 1.165) is 10.5 Å². The number of hydrogen-bond acceptors (Lipinski definition) is 3. The van der Waals surface area contributed by atoms with Crippen molar-refractivity contribution in [3.05, 3.63) is 52.4 Å². The number of anilines is 1. The van der Waals surface area contributed by atoms with Crippen LogP contribution in [-0.4, -0.2) is 10.1 Å². The van der Waals surface area contributed by atoms with Crippen molar-refractivity contribution in [1.29, 1.82) is 0 Å². The van der Waals surface area contributed by atoms with Crippen LogP contribution >= 0.6 is 15.9 Å². The molecule has 0 bridgehead atoms. The number of hydrogen-bond donors (Lipinski definition) is 2. The first-order valence-electron chi connectivity index (χ1n) is 4.98. The maximum atomic E-state index is 12.8. The number of halogens is 2. The van der Waals surface area contributed by atoms with E-state index in [-0.39, 0.29) is 5.75 Å². The quantitative estimate of drug-likeness (QED) is 0.913. The van der Waals surface area contributed by atoms with Crippen molar-refractivity contribution in [2.45, 2.75) is 6.54 Å². The van der Waals surface area contributed by atoms with Crippen LogP contribution in [0.1, 0.15) is 5.56 Å². The van der Waals surface area contributed by atoms with Gasteiger partial charge < -0.3 is 10.4 Å². The lowest BCUT2D eigenvalue weighted by Gasteiger charge is -2.08. The third-order valence-corrected chi connectivity index (χ3v) is 2.89. The fourth-order valence-electron chi connectivity index (χ4n) is 1.38. The highest BCUT2D eigenvalue weighted by molar-refractivity contribution is 9.10. The van der Waals surface area contributed by atoms with Gasteiger partial charge in [0.2, 0.25) is 0 Å². The van der Waals surface area contributed by atoms with Gasteiger partial charge in [0.05, 0.1) is 4.47 Å². The van der Waals surface area contributed by atoms with Gasteiger partial charge in [-0.05, 0) is 34.1 Å². The van der Waals surface area contributed by atoms with Crippen LogP contribution in [0.25, 0.3) is 0 Å². The van der Waals surface area contributed by atoms with Crippen LogP contribution < -0.4 is 5.32 Å². The molecule has 2 rings (SSSR count). The Morgan fingerprint density at radius 2 is 2.18 bits per heavy atom. The van der Waals surface area contributed by atoms with Crippen LogP contribution in [0.3, 0.4) is 0 Å². The SMILES string of the molecule is Oc1cc(F)ccc1CNc1ncccc1Br. The minimum absolute atomic E-state index is 0.0652. The second-order valence-electron chi connectivity index (χ2n) is 3.46. The zero-order valence-corrected chi connectivity index (χ0v) is 10.4. The first-order valence-corrected chi connectivity index (χ1v) is 5.78. The number of phenols is 1. The zero-order valence-electron chi connectivity index (χ0n) is 8.82. The summed E-state index contributed by atoms with van der Waals surface area (Å²) in [7, 11) is 0. The van der Waals surface area contributed by atoms with Gasteiger partial charge in [0.1, 0.15) is 17.4 Å². The molecular formula is C12H10BrFN2O. The Morgan fingerprint density at radius 3 is 2.88 bits per heavy atom. The van der Waals surface area contributed by atoms with Crippen molar-refractivity contribution in [2.24, 2.45) is 0 Å². The topological polar surface area (TPSA) is 45.1 Å². The third-order valence-electron chi connectivity index (χ3n) is 2.25. The third kappa shape index (κ3) is 2.94. The molecule has 88 valence electrons. The molecule has 0 aliphatic rings. The minimum atomic E-state index is -0.453. The normalized spacial score (nSPS) is 10.2. The number of rotatable bonds is 3. The summed E-state index contributed by atoms with van der Waals surface area (Å²) in [5, 5.41) is 12.6. The van der Waals surface area contributed by atoms with Crippen LogP contribution in [0.15, 0.2) is 41.0 Å². The Balaban J connectivity index is 2.10. The van der Waals surface area contributed by atoms with E-state index in [1.165, 1.54) is 12.1 Å². The molecule has 1 aromatic carbocycles. The van der Waals surface area contributed by atoms with Crippen LogP contribution in [0.5, 0.6) is 5.75 Å². The number of nitrogens with zero attached hydrogens (tertiary/aromatic N) is 1. The lowest BCUT2D eigenvalue weighted by atomic mass is 10.2. The highest BCUT2D eigenvalue weighted by Crippen LogP contribution is 2.22. The molecule has 0 amide bonds. The van der Waals surface area contributed by atoms with Gasteiger partial charge in [-0.25, -0.2) is 9.37 Å².